The van der Waals surface area contributed by atoms with Gasteiger partial charge in [0.1, 0.15) is 5.82 Å². The van der Waals surface area contributed by atoms with Gasteiger partial charge >= 0.3 is 0 Å². The van der Waals surface area contributed by atoms with E-state index in [2.05, 4.69) is 205 Å². The van der Waals surface area contributed by atoms with E-state index in [4.69, 9.17) is 19.9 Å². The van der Waals surface area contributed by atoms with Crippen LogP contribution in [0.4, 0.5) is 0 Å². The van der Waals surface area contributed by atoms with E-state index in [9.17, 15) is 0 Å². The molecule has 0 aliphatic rings. The maximum absolute atomic E-state index is 5.44. The zero-order valence-electron chi connectivity index (χ0n) is 32.9. The topological polar surface area (TPSA) is 56.5 Å². The first-order chi connectivity index (χ1) is 30.2. The van der Waals surface area contributed by atoms with E-state index in [1.165, 1.54) is 10.8 Å². The first kappa shape index (κ1) is 34.7. The van der Waals surface area contributed by atoms with Crippen LogP contribution in [0.2, 0.25) is 0 Å². The number of imidazole rings is 1. The standard InChI is InChI=1S/C56H35N5/c1-3-14-41(15-4-1)56-60-54-50(61(56)44-17-5-2-6-18-44)34-33-46-45-19-9-11-21-48(45)57-53(51(46)54)39-28-23-37(24-29-39)38-25-30-40(31-26-38)55-58-49-22-12-10-20-47(49)52(59-55)43-32-27-36-13-7-8-16-42(36)35-43/h1-35H. The van der Waals surface area contributed by atoms with Gasteiger partial charge in [0.2, 0.25) is 0 Å². The normalized spacial score (nSPS) is 11.6. The minimum Gasteiger partial charge on any atom is -0.292 e. The molecular weight excluding hydrogens is 743 g/mol. The van der Waals surface area contributed by atoms with Crippen LogP contribution in [0.1, 0.15) is 0 Å². The molecule has 0 aliphatic carbocycles. The Morgan fingerprint density at radius 3 is 1.67 bits per heavy atom. The predicted molar refractivity (Wildman–Crippen MR) is 252 cm³/mol. The first-order valence-electron chi connectivity index (χ1n) is 20.6. The van der Waals surface area contributed by atoms with Crippen molar-refractivity contribution in [2.45, 2.75) is 0 Å². The maximum atomic E-state index is 5.44. The number of fused-ring (bicyclic) bond motifs is 7. The van der Waals surface area contributed by atoms with Gasteiger partial charge in [0.25, 0.3) is 0 Å². The van der Waals surface area contributed by atoms with Gasteiger partial charge in [0.05, 0.1) is 33.5 Å². The summed E-state index contributed by atoms with van der Waals surface area (Å²) in [5, 5.41) is 6.71. The van der Waals surface area contributed by atoms with Gasteiger partial charge in [0, 0.05) is 44.1 Å². The molecule has 0 saturated carbocycles. The average Bonchev–Trinajstić information content (AvgIpc) is 3.74. The van der Waals surface area contributed by atoms with E-state index in [0.29, 0.717) is 5.82 Å². The molecule has 0 N–H and O–H groups in total. The van der Waals surface area contributed by atoms with Gasteiger partial charge in [-0.2, -0.15) is 0 Å². The monoisotopic (exact) mass is 777 g/mol. The van der Waals surface area contributed by atoms with Crippen LogP contribution in [0.25, 0.3) is 116 Å². The molecule has 0 aliphatic heterocycles. The van der Waals surface area contributed by atoms with Crippen molar-refractivity contribution in [2.75, 3.05) is 0 Å². The van der Waals surface area contributed by atoms with Crippen LogP contribution in [0.5, 0.6) is 0 Å². The lowest BCUT2D eigenvalue weighted by molar-refractivity contribution is 1.10. The van der Waals surface area contributed by atoms with E-state index in [0.717, 1.165) is 99.9 Å². The molecule has 9 aromatic carbocycles. The molecule has 0 fully saturated rings. The van der Waals surface area contributed by atoms with E-state index >= 15 is 0 Å². The highest BCUT2D eigenvalue weighted by atomic mass is 15.1. The van der Waals surface area contributed by atoms with Gasteiger partial charge in [-0.15, -0.1) is 0 Å². The second-order valence-corrected chi connectivity index (χ2v) is 15.4. The number of benzene rings is 9. The Balaban J connectivity index is 0.950. The number of aromatic nitrogens is 5. The van der Waals surface area contributed by atoms with Gasteiger partial charge in [-0.3, -0.25) is 4.57 Å². The van der Waals surface area contributed by atoms with Crippen LogP contribution in [0.3, 0.4) is 0 Å². The number of rotatable bonds is 6. The Labute approximate surface area is 351 Å². The van der Waals surface area contributed by atoms with Crippen molar-refractivity contribution in [1.82, 2.24) is 24.5 Å². The lowest BCUT2D eigenvalue weighted by Gasteiger charge is -2.13. The van der Waals surface area contributed by atoms with E-state index in [1.807, 2.05) is 12.1 Å². The van der Waals surface area contributed by atoms with Crippen molar-refractivity contribution in [3.8, 4) is 62.1 Å². The van der Waals surface area contributed by atoms with Crippen LogP contribution < -0.4 is 0 Å². The summed E-state index contributed by atoms with van der Waals surface area (Å²) in [7, 11) is 0. The smallest absolute Gasteiger partial charge is 0.160 e. The third kappa shape index (κ3) is 5.94. The first-order valence-corrected chi connectivity index (χ1v) is 20.6. The molecule has 12 aromatic rings. The van der Waals surface area contributed by atoms with Gasteiger partial charge in [0.15, 0.2) is 5.82 Å². The molecule has 0 unspecified atom stereocenters. The number of hydrogen-bond acceptors (Lipinski definition) is 4. The van der Waals surface area contributed by atoms with Crippen molar-refractivity contribution in [3.63, 3.8) is 0 Å². The zero-order valence-corrected chi connectivity index (χ0v) is 32.9. The molecule has 5 heteroatoms. The minimum atomic E-state index is 0.703. The summed E-state index contributed by atoms with van der Waals surface area (Å²) in [5.41, 5.74) is 13.1. The van der Waals surface area contributed by atoms with Crippen molar-refractivity contribution >= 4 is 54.4 Å². The van der Waals surface area contributed by atoms with Crippen LogP contribution in [0.15, 0.2) is 212 Å². The highest BCUT2D eigenvalue weighted by Gasteiger charge is 2.21. The highest BCUT2D eigenvalue weighted by molar-refractivity contribution is 6.20. The maximum Gasteiger partial charge on any atom is 0.160 e. The molecule has 61 heavy (non-hydrogen) atoms. The zero-order chi connectivity index (χ0) is 40.3. The second kappa shape index (κ2) is 14.2. The molecule has 0 amide bonds. The summed E-state index contributed by atoms with van der Waals surface area (Å²) in [4.78, 5) is 21.0. The fourth-order valence-corrected chi connectivity index (χ4v) is 8.81. The summed E-state index contributed by atoms with van der Waals surface area (Å²) < 4.78 is 2.27. The number of hydrogen-bond donors (Lipinski definition) is 0. The Hall–Kier alpha value is -8.28. The van der Waals surface area contributed by atoms with Crippen molar-refractivity contribution < 1.29 is 0 Å². The number of para-hydroxylation sites is 3. The third-order valence-electron chi connectivity index (χ3n) is 11.8. The minimum absolute atomic E-state index is 0.703. The van der Waals surface area contributed by atoms with E-state index in [1.54, 1.807) is 0 Å². The van der Waals surface area contributed by atoms with E-state index in [-0.39, 0.29) is 0 Å². The SMILES string of the molecule is c1ccc(-c2nc3c4c(-c5ccc(-c6ccc(-c7nc(-c8ccc9ccccc9c8)c8ccccc8n7)cc6)cc5)nc5ccccc5c4ccc3n2-c2ccccc2)cc1. The summed E-state index contributed by atoms with van der Waals surface area (Å²) >= 11 is 0. The van der Waals surface area contributed by atoms with Crippen molar-refractivity contribution in [1.29, 1.82) is 0 Å². The lowest BCUT2D eigenvalue weighted by Crippen LogP contribution is -1.97. The molecule has 0 spiro atoms. The predicted octanol–water partition coefficient (Wildman–Crippen LogP) is 14.2. The molecule has 3 heterocycles. The summed E-state index contributed by atoms with van der Waals surface area (Å²) in [5.74, 6) is 1.60. The quantitative estimate of drug-likeness (QED) is 0.158. The molecule has 0 saturated heterocycles. The van der Waals surface area contributed by atoms with Crippen LogP contribution in [-0.2, 0) is 0 Å². The Kier molecular flexibility index (Phi) is 8.10. The molecular formula is C56H35N5. The Morgan fingerprint density at radius 2 is 0.918 bits per heavy atom. The van der Waals surface area contributed by atoms with Gasteiger partial charge in [-0.1, -0.05) is 176 Å². The van der Waals surface area contributed by atoms with Crippen molar-refractivity contribution in [3.05, 3.63) is 212 Å². The molecule has 0 atom stereocenters. The molecule has 0 bridgehead atoms. The lowest BCUT2D eigenvalue weighted by atomic mass is 9.96. The largest absolute Gasteiger partial charge is 0.292 e. The number of pyridine rings is 1. The van der Waals surface area contributed by atoms with Gasteiger partial charge in [-0.25, -0.2) is 19.9 Å². The Morgan fingerprint density at radius 1 is 0.328 bits per heavy atom. The van der Waals surface area contributed by atoms with E-state index < -0.39 is 0 Å². The fraction of sp³-hybridized carbons (Fsp3) is 0. The fourth-order valence-electron chi connectivity index (χ4n) is 8.81. The summed E-state index contributed by atoms with van der Waals surface area (Å²) in [6.45, 7) is 0. The van der Waals surface area contributed by atoms with Gasteiger partial charge in [-0.05, 0) is 63.7 Å². The molecule has 0 radical (unpaired) electrons. The molecule has 284 valence electrons. The Bertz CT molecular complexity index is 3610. The summed E-state index contributed by atoms with van der Waals surface area (Å²) in [6.07, 6.45) is 0. The van der Waals surface area contributed by atoms with Crippen molar-refractivity contribution in [2.24, 2.45) is 0 Å². The van der Waals surface area contributed by atoms with Crippen LogP contribution in [-0.4, -0.2) is 24.5 Å². The summed E-state index contributed by atoms with van der Waals surface area (Å²) in [6, 6.07) is 74.3. The second-order valence-electron chi connectivity index (χ2n) is 15.4. The third-order valence-corrected chi connectivity index (χ3v) is 11.8. The molecule has 12 rings (SSSR count). The average molecular weight is 778 g/mol. The number of nitrogens with zero attached hydrogens (tertiary/aromatic N) is 5. The van der Waals surface area contributed by atoms with Crippen LogP contribution in [0, 0.1) is 0 Å². The highest BCUT2D eigenvalue weighted by Crippen LogP contribution is 2.40. The van der Waals surface area contributed by atoms with Gasteiger partial charge < -0.3 is 0 Å². The van der Waals surface area contributed by atoms with Crippen LogP contribution >= 0.6 is 0 Å². The molecule has 3 aromatic heterocycles. The molecule has 5 nitrogen and oxygen atoms in total.